The molecule has 48 heteroatoms. The summed E-state index contributed by atoms with van der Waals surface area (Å²) in [6.45, 7) is 14.0. The molecule has 3 fully saturated rings. The summed E-state index contributed by atoms with van der Waals surface area (Å²) in [4.78, 5) is 277. The van der Waals surface area contributed by atoms with Gasteiger partial charge in [0.25, 0.3) is 0 Å². The summed E-state index contributed by atoms with van der Waals surface area (Å²) in [5, 5.41) is 93.4. The average molecular weight is 1960 g/mol. The number of H-pyrrole nitrogens is 1. The zero-order chi connectivity index (χ0) is 102. The van der Waals surface area contributed by atoms with Gasteiger partial charge in [-0.25, -0.2) is 9.78 Å². The molecule has 0 saturated carbocycles. The highest BCUT2D eigenvalue weighted by Crippen LogP contribution is 2.26. The van der Waals surface area contributed by atoms with Crippen molar-refractivity contribution < 1.29 is 117 Å². The number of aliphatic hydroxyl groups excluding tert-OH is 1. The van der Waals surface area contributed by atoms with E-state index >= 15 is 14.4 Å². The van der Waals surface area contributed by atoms with Crippen LogP contribution in [0.25, 0.3) is 0 Å². The van der Waals surface area contributed by atoms with Crippen molar-refractivity contribution in [3.63, 3.8) is 0 Å². The molecule has 3 aromatic rings. The van der Waals surface area contributed by atoms with E-state index in [9.17, 15) is 102 Å². The van der Waals surface area contributed by atoms with Gasteiger partial charge in [-0.3, -0.25) is 91.7 Å². The van der Waals surface area contributed by atoms with Crippen molar-refractivity contribution >= 4 is 131 Å². The molecule has 0 bridgehead atoms. The largest absolute Gasteiger partial charge is 0.508 e. The molecule has 6 rings (SSSR count). The first-order valence-electron chi connectivity index (χ1n) is 46.4. The van der Waals surface area contributed by atoms with Crippen LogP contribution in [-0.2, 0) is 110 Å². The van der Waals surface area contributed by atoms with E-state index in [1.165, 1.54) is 53.5 Å². The third kappa shape index (κ3) is 35.2. The number of likely N-dealkylation sites (tertiary alicyclic amines) is 3. The third-order valence-corrected chi connectivity index (χ3v) is 24.3. The predicted molar refractivity (Wildman–Crippen MR) is 500 cm³/mol. The number of imidazole rings is 1. The van der Waals surface area contributed by atoms with Gasteiger partial charge < -0.3 is 137 Å². The maximum Gasteiger partial charge on any atom is 0.326 e. The van der Waals surface area contributed by atoms with Crippen molar-refractivity contribution in [2.75, 3.05) is 45.1 Å². The number of nitrogens with two attached hydrogens (primary N) is 3. The number of carboxylic acids is 3. The second kappa shape index (κ2) is 55.9. The van der Waals surface area contributed by atoms with Crippen molar-refractivity contribution in [2.24, 2.45) is 40.9 Å². The van der Waals surface area contributed by atoms with E-state index in [1.807, 2.05) is 0 Å². The monoisotopic (exact) mass is 1950 g/mol. The summed E-state index contributed by atoms with van der Waals surface area (Å²) in [6, 6.07) is -11.8. The van der Waals surface area contributed by atoms with Crippen LogP contribution in [0.3, 0.4) is 0 Å². The van der Waals surface area contributed by atoms with E-state index in [0.717, 1.165) is 4.90 Å². The number of benzene rings is 2. The highest BCUT2D eigenvalue weighted by molar-refractivity contribution is 7.80. The predicted octanol–water partition coefficient (Wildman–Crippen LogP) is -4.21. The minimum Gasteiger partial charge on any atom is -0.508 e. The molecule has 0 unspecified atom stereocenters. The number of aromatic hydroxyl groups is 1. The number of hydrogen-bond donors (Lipinski definition) is 24. The summed E-state index contributed by atoms with van der Waals surface area (Å²) in [7, 11) is 0. The first-order valence-corrected chi connectivity index (χ1v) is 46.9. The molecular weight excluding hydrogens is 1820 g/mol. The van der Waals surface area contributed by atoms with Crippen LogP contribution in [0.4, 0.5) is 0 Å². The lowest BCUT2D eigenvalue weighted by Gasteiger charge is -2.32. The Kier molecular flexibility index (Phi) is 46.0. The fourth-order valence-electron chi connectivity index (χ4n) is 16.1. The molecule has 3 saturated heterocycles. The number of aromatic amines is 1. The zero-order valence-electron chi connectivity index (χ0n) is 79.1. The summed E-state index contributed by atoms with van der Waals surface area (Å²) < 4.78 is 0. The standard InChI is InChI=1S/C90H136N23O24S/c1-10-49(8)72(110-77(124)58(38-52-27-29-54(115)30-28-52)101-76(123)59(40-68(116)117)102-78(125)63(43-114)106-74(121)57(37-51-20-12-11-13-21-51)100-73(120)50(9)98-83(130)70(47(4)5)108-81(128)66-25-17-33-111(66)86(133)55(92)22-14-15-31-91)85(132)105-62(39-53-42-95-45-97-53)88(135)113-35-19-26-67(113)82(129)109-71(48(6)7)84(131)107-64(44-138)79(126)104-61(36-46(2)3)87(134)112-34-18-24-65(112)80(127)103-60(41-69(118)119)75(122)99-56(89(136)137)23-16-32-96-90(93)94/h11-13,20-21,27-30,42,45-50,55-67,70-72,114-115H,10,14-19,22-26,31-41,43-44,91-92H2,1-9H3,(H,95,97)(H,98,130)(H,99,122)(H,100,120)(H,101,123)(H,102,125)(H,103,127)(H,104,126)(H,105,132)(H,106,121)(H,107,131)(H,108,128)(H,109,129)(H,110,124)(H,116,117)(H,118,119)(H,136,137)(H4,93,94,96)/t49-,50+,55+,56-,57-,58-,59+,60-,61+,62-,63-,64-,65-,66+,67+,70+,71+,72-/m1/s1. The molecule has 16 amide bonds. The smallest absolute Gasteiger partial charge is 0.326 e. The second-order valence-corrected chi connectivity index (χ2v) is 36.2. The van der Waals surface area contributed by atoms with Gasteiger partial charge in [0.2, 0.25) is 94.5 Å². The van der Waals surface area contributed by atoms with Crippen molar-refractivity contribution in [3.05, 3.63) is 83.9 Å². The van der Waals surface area contributed by atoms with Gasteiger partial charge in [-0.2, -0.15) is 0 Å². The second-order valence-electron chi connectivity index (χ2n) is 35.9. The number of carboxylic acid groups (broad SMARTS) is 3. The van der Waals surface area contributed by atoms with Crippen LogP contribution in [-0.4, -0.2) is 316 Å². The van der Waals surface area contributed by atoms with Gasteiger partial charge >= 0.3 is 17.9 Å². The molecule has 0 aliphatic carbocycles. The van der Waals surface area contributed by atoms with Gasteiger partial charge in [0.1, 0.15) is 102 Å². The number of guanidine groups is 1. The number of carbonyl (C=O) groups is 19. The van der Waals surface area contributed by atoms with E-state index in [2.05, 4.69) is 84.4 Å². The van der Waals surface area contributed by atoms with E-state index in [0.29, 0.717) is 49.9 Å². The quantitative estimate of drug-likeness (QED) is 0.0145. The SMILES string of the molecule is CC[C@@H](C)[C@@H](NC(=O)[C@@H](Cc1ccc(O)cc1)NC(=O)[C@H](CC(=O)O)NC(=O)[C@@H](CO)NC(=O)[C@@H](Cc1ccccc1)NC(=O)[C@H](C)NC(=O)[C@@H](NC(=O)[C@@H]1CCCN1C(=O)[C@@H](N)CCCCN)C(C)C)C(=O)N[C@H](Cc1cnc[nH]1)C(=O)N1CCC[C@H]1C(=O)N[C@H](C(=O)N[C@H](C[S])C(=O)N[C@@H](CC(C)C)C(=O)N1CCC[C@@H]1C(=O)N[C@H](CC(=O)O)C(=O)N[C@H](CCCNC(=N)N)C(=O)O)C(C)C. The molecule has 761 valence electrons. The number of nitrogens with zero attached hydrogens (tertiary/aromatic N) is 4. The Morgan fingerprint density at radius 2 is 0.920 bits per heavy atom. The Hall–Kier alpha value is -13.1. The molecule has 3 aliphatic rings. The van der Waals surface area contributed by atoms with Crippen molar-refractivity contribution in [1.29, 1.82) is 5.41 Å². The highest BCUT2D eigenvalue weighted by atomic mass is 32.1. The summed E-state index contributed by atoms with van der Waals surface area (Å²) >= 11 is 5.37. The lowest BCUT2D eigenvalue weighted by molar-refractivity contribution is -0.145. The highest BCUT2D eigenvalue weighted by Gasteiger charge is 2.46. The van der Waals surface area contributed by atoms with Gasteiger partial charge in [-0.05, 0) is 131 Å². The number of carbonyl (C=O) groups excluding carboxylic acids is 16. The molecule has 0 spiro atoms. The van der Waals surface area contributed by atoms with Gasteiger partial charge in [0.05, 0.1) is 31.8 Å². The maximum absolute atomic E-state index is 15.2. The van der Waals surface area contributed by atoms with Crippen LogP contribution < -0.4 is 91.6 Å². The fourth-order valence-corrected chi connectivity index (χ4v) is 16.3. The van der Waals surface area contributed by atoms with Gasteiger partial charge in [-0.1, -0.05) is 123 Å². The fraction of sp³-hybridized carbons (Fsp3) is 0.611. The molecule has 2 aromatic carbocycles. The van der Waals surface area contributed by atoms with Crippen LogP contribution in [0, 0.1) is 29.1 Å². The molecule has 1 aromatic heterocycles. The molecule has 138 heavy (non-hydrogen) atoms. The zero-order valence-corrected chi connectivity index (χ0v) is 79.9. The minimum absolute atomic E-state index is 0.0198. The normalized spacial score (nSPS) is 17.9. The van der Waals surface area contributed by atoms with E-state index in [-0.39, 0.29) is 114 Å². The summed E-state index contributed by atoms with van der Waals surface area (Å²) in [5.41, 5.74) is 18.2. The number of rotatable bonds is 56. The Morgan fingerprint density at radius 3 is 1.41 bits per heavy atom. The molecule has 18 atom stereocenters. The van der Waals surface area contributed by atoms with E-state index in [1.54, 1.807) is 85.7 Å². The van der Waals surface area contributed by atoms with E-state index < -0.39 is 265 Å². The molecule has 3 aliphatic heterocycles. The van der Waals surface area contributed by atoms with Crippen LogP contribution in [0.15, 0.2) is 67.1 Å². The molecule has 4 heterocycles. The van der Waals surface area contributed by atoms with Crippen LogP contribution in [0.1, 0.15) is 175 Å². The first-order chi connectivity index (χ1) is 65.3. The van der Waals surface area contributed by atoms with Crippen LogP contribution >= 0.6 is 12.6 Å². The Bertz CT molecular complexity index is 4710. The summed E-state index contributed by atoms with van der Waals surface area (Å²) in [5.74, 6) is -23.0. The van der Waals surface area contributed by atoms with Crippen LogP contribution in [0.5, 0.6) is 5.75 Å². The maximum atomic E-state index is 15.2. The number of nitrogens with one attached hydrogen (secondary N) is 16. The topological polar surface area (TPSA) is 734 Å². The Morgan fingerprint density at radius 1 is 0.486 bits per heavy atom. The molecule has 27 N–H and O–H groups in total. The number of aliphatic carboxylic acids is 3. The number of phenols is 1. The van der Waals surface area contributed by atoms with E-state index in [4.69, 9.17) is 35.2 Å². The van der Waals surface area contributed by atoms with Crippen LogP contribution in [0.2, 0.25) is 0 Å². The Labute approximate surface area is 804 Å². The van der Waals surface area contributed by atoms with Gasteiger partial charge in [-0.15, -0.1) is 0 Å². The first kappa shape index (κ1) is 114. The molecular formula is C90H136N23O24S. The Balaban J connectivity index is 1.15. The average Bonchev–Trinajstić information content (AvgIpc) is 1.69. The number of aliphatic hydroxyl groups is 1. The van der Waals surface area contributed by atoms with Gasteiger partial charge in [0, 0.05) is 63.1 Å². The third-order valence-electron chi connectivity index (χ3n) is 23.9. The van der Waals surface area contributed by atoms with Crippen molar-refractivity contribution in [3.8, 4) is 5.75 Å². The number of amides is 16. The van der Waals surface area contributed by atoms with Crippen molar-refractivity contribution in [2.45, 2.75) is 281 Å². The number of phenolic OH excluding ortho intramolecular Hbond substituents is 1. The van der Waals surface area contributed by atoms with Gasteiger partial charge in [0.15, 0.2) is 5.96 Å². The number of hydrogen-bond acceptors (Lipinski definition) is 25. The molecule has 1 radical (unpaired) electrons. The number of unbranched alkanes of at least 4 members (excludes halogenated alkanes) is 1. The lowest BCUT2D eigenvalue weighted by atomic mass is 9.96. The molecule has 47 nitrogen and oxygen atoms in total. The minimum atomic E-state index is -2.10. The lowest BCUT2D eigenvalue weighted by Crippen LogP contribution is -2.62. The number of aromatic nitrogens is 2. The summed E-state index contributed by atoms with van der Waals surface area (Å²) in [6.07, 6.45) is 2.57. The van der Waals surface area contributed by atoms with Crippen molar-refractivity contribution in [1.82, 2.24) is 99.1 Å².